The first-order chi connectivity index (χ1) is 17.1. The van der Waals surface area contributed by atoms with Gasteiger partial charge < -0.3 is 16.2 Å². The van der Waals surface area contributed by atoms with Gasteiger partial charge in [-0.15, -0.1) is 0 Å². The van der Waals surface area contributed by atoms with E-state index in [1.807, 2.05) is 34.9 Å². The molecule has 0 aliphatic heterocycles. The third-order valence-electron chi connectivity index (χ3n) is 7.17. The molecule has 2 fully saturated rings. The Hall–Kier alpha value is -3.78. The second kappa shape index (κ2) is 8.78. The number of aliphatic hydroxyl groups is 1. The molecule has 2 aliphatic rings. The molecule has 8 nitrogen and oxygen atoms in total. The van der Waals surface area contributed by atoms with Crippen LogP contribution < -0.4 is 11.1 Å². The SMILES string of the molecule is Nc1nccn2c1c(-c1ccc(C(=O)Nc3cc(C4CC4)ccn3)cc1)nc2[C@H]1CC[C@H](O)CC1. The van der Waals surface area contributed by atoms with Crippen molar-refractivity contribution in [3.63, 3.8) is 0 Å². The quantitative estimate of drug-likeness (QED) is 0.396. The molecule has 2 saturated carbocycles. The number of pyridine rings is 1. The molecule has 0 atom stereocenters. The van der Waals surface area contributed by atoms with Gasteiger partial charge in [-0.2, -0.15) is 0 Å². The summed E-state index contributed by atoms with van der Waals surface area (Å²) in [6.45, 7) is 0. The van der Waals surface area contributed by atoms with E-state index in [1.165, 1.54) is 18.4 Å². The van der Waals surface area contributed by atoms with Gasteiger partial charge in [0.25, 0.3) is 5.91 Å². The number of benzene rings is 1. The number of anilines is 2. The van der Waals surface area contributed by atoms with E-state index in [0.29, 0.717) is 23.1 Å². The molecule has 3 aromatic heterocycles. The van der Waals surface area contributed by atoms with Crippen LogP contribution in [0.1, 0.15) is 72.1 Å². The summed E-state index contributed by atoms with van der Waals surface area (Å²) in [4.78, 5) is 26.4. The predicted molar refractivity (Wildman–Crippen MR) is 134 cm³/mol. The Morgan fingerprint density at radius 2 is 1.71 bits per heavy atom. The molecule has 0 spiro atoms. The van der Waals surface area contributed by atoms with Crippen molar-refractivity contribution < 1.29 is 9.90 Å². The van der Waals surface area contributed by atoms with Crippen molar-refractivity contribution in [1.29, 1.82) is 0 Å². The van der Waals surface area contributed by atoms with Crippen LogP contribution in [0.5, 0.6) is 0 Å². The molecular weight excluding hydrogens is 440 g/mol. The highest BCUT2D eigenvalue weighted by atomic mass is 16.3. The van der Waals surface area contributed by atoms with Gasteiger partial charge in [-0.1, -0.05) is 12.1 Å². The molecule has 178 valence electrons. The zero-order valence-electron chi connectivity index (χ0n) is 19.4. The number of fused-ring (bicyclic) bond motifs is 1. The summed E-state index contributed by atoms with van der Waals surface area (Å²) in [6, 6.07) is 11.4. The van der Waals surface area contributed by atoms with E-state index < -0.39 is 0 Å². The Bertz CT molecular complexity index is 1380. The highest BCUT2D eigenvalue weighted by Gasteiger charge is 2.27. The summed E-state index contributed by atoms with van der Waals surface area (Å²) in [6.07, 6.45) is 10.8. The summed E-state index contributed by atoms with van der Waals surface area (Å²) in [5.74, 6) is 2.59. The van der Waals surface area contributed by atoms with E-state index in [-0.39, 0.29) is 17.9 Å². The molecule has 4 N–H and O–H groups in total. The molecule has 6 rings (SSSR count). The largest absolute Gasteiger partial charge is 0.393 e. The number of amides is 1. The average Bonchev–Trinajstić information content (AvgIpc) is 3.66. The number of hydrogen-bond acceptors (Lipinski definition) is 6. The number of nitrogen functional groups attached to an aromatic ring is 1. The van der Waals surface area contributed by atoms with Gasteiger partial charge >= 0.3 is 0 Å². The maximum absolute atomic E-state index is 12.8. The van der Waals surface area contributed by atoms with Crippen molar-refractivity contribution >= 4 is 23.1 Å². The number of carbonyl (C=O) groups excluding carboxylic acids is 1. The molecule has 0 radical (unpaired) electrons. The van der Waals surface area contributed by atoms with Crippen molar-refractivity contribution in [2.75, 3.05) is 11.1 Å². The van der Waals surface area contributed by atoms with E-state index in [9.17, 15) is 9.90 Å². The zero-order chi connectivity index (χ0) is 23.9. The number of nitrogens with zero attached hydrogens (tertiary/aromatic N) is 4. The van der Waals surface area contributed by atoms with E-state index >= 15 is 0 Å². The van der Waals surface area contributed by atoms with E-state index in [0.717, 1.165) is 48.3 Å². The average molecular weight is 469 g/mol. The zero-order valence-corrected chi connectivity index (χ0v) is 19.4. The number of imidazole rings is 1. The van der Waals surface area contributed by atoms with Crippen molar-refractivity contribution in [2.45, 2.75) is 56.5 Å². The van der Waals surface area contributed by atoms with Crippen LogP contribution in [-0.2, 0) is 0 Å². The lowest BCUT2D eigenvalue weighted by Crippen LogP contribution is -2.18. The Labute approximate surface area is 203 Å². The second-order valence-electron chi connectivity index (χ2n) is 9.64. The van der Waals surface area contributed by atoms with Crippen LogP contribution >= 0.6 is 0 Å². The summed E-state index contributed by atoms with van der Waals surface area (Å²) >= 11 is 0. The normalized spacial score (nSPS) is 20.1. The first kappa shape index (κ1) is 21.7. The molecular formula is C27H28N6O2. The second-order valence-corrected chi connectivity index (χ2v) is 9.64. The molecule has 4 aromatic rings. The Morgan fingerprint density at radius 3 is 2.46 bits per heavy atom. The highest BCUT2D eigenvalue weighted by molar-refractivity contribution is 6.04. The predicted octanol–water partition coefficient (Wildman–Crippen LogP) is 4.52. The van der Waals surface area contributed by atoms with Gasteiger partial charge in [-0.25, -0.2) is 15.0 Å². The highest BCUT2D eigenvalue weighted by Crippen LogP contribution is 2.40. The third-order valence-corrected chi connectivity index (χ3v) is 7.17. The molecule has 35 heavy (non-hydrogen) atoms. The van der Waals surface area contributed by atoms with Gasteiger partial charge in [0, 0.05) is 35.6 Å². The summed E-state index contributed by atoms with van der Waals surface area (Å²) < 4.78 is 2.03. The van der Waals surface area contributed by atoms with Gasteiger partial charge in [0.1, 0.15) is 28.7 Å². The molecule has 0 unspecified atom stereocenters. The first-order valence-corrected chi connectivity index (χ1v) is 12.2. The van der Waals surface area contributed by atoms with Gasteiger partial charge in [0.05, 0.1) is 6.10 Å². The molecule has 2 aliphatic carbocycles. The number of aromatic nitrogens is 4. The Balaban J connectivity index is 1.28. The van der Waals surface area contributed by atoms with Crippen LogP contribution in [0.2, 0.25) is 0 Å². The lowest BCUT2D eigenvalue weighted by atomic mass is 9.87. The summed E-state index contributed by atoms with van der Waals surface area (Å²) in [5, 5.41) is 12.8. The summed E-state index contributed by atoms with van der Waals surface area (Å²) in [7, 11) is 0. The number of aliphatic hydroxyl groups excluding tert-OH is 1. The first-order valence-electron chi connectivity index (χ1n) is 12.2. The van der Waals surface area contributed by atoms with Crippen molar-refractivity contribution in [3.05, 3.63) is 71.9 Å². The smallest absolute Gasteiger partial charge is 0.256 e. The van der Waals surface area contributed by atoms with Gasteiger partial charge in [-0.05, 0) is 74.3 Å². The number of rotatable bonds is 5. The van der Waals surface area contributed by atoms with Crippen molar-refractivity contribution in [1.82, 2.24) is 19.4 Å². The molecule has 0 saturated heterocycles. The van der Waals surface area contributed by atoms with E-state index in [1.54, 1.807) is 24.5 Å². The fourth-order valence-electron chi connectivity index (χ4n) is 5.06. The van der Waals surface area contributed by atoms with Crippen LogP contribution in [0.25, 0.3) is 16.8 Å². The Morgan fingerprint density at radius 1 is 0.971 bits per heavy atom. The molecule has 8 heteroatoms. The molecule has 1 aromatic carbocycles. The minimum Gasteiger partial charge on any atom is -0.393 e. The summed E-state index contributed by atoms with van der Waals surface area (Å²) in [5.41, 5.74) is 10.4. The van der Waals surface area contributed by atoms with Crippen LogP contribution in [0.4, 0.5) is 11.6 Å². The minimum absolute atomic E-state index is 0.200. The van der Waals surface area contributed by atoms with Gasteiger partial charge in [0.15, 0.2) is 0 Å². The standard InChI is InChI=1S/C27H28N6O2/c28-25-24-23(32-26(33(24)14-13-30-25)18-7-9-21(34)10-8-18)17-3-5-19(6-4-17)27(35)31-22-15-20(11-12-29-22)16-1-2-16/h3-6,11-16,18,21,34H,1-2,7-10H2,(H2,28,30)(H,29,31,35)/t18-,21-. The fraction of sp³-hybridized carbons (Fsp3) is 0.333. The third kappa shape index (κ3) is 4.25. The van der Waals surface area contributed by atoms with Crippen LogP contribution in [0, 0.1) is 0 Å². The monoisotopic (exact) mass is 468 g/mol. The maximum Gasteiger partial charge on any atom is 0.256 e. The number of nitrogens with two attached hydrogens (primary N) is 1. The number of carbonyl (C=O) groups is 1. The van der Waals surface area contributed by atoms with Crippen LogP contribution in [-0.4, -0.2) is 36.5 Å². The number of nitrogens with one attached hydrogen (secondary N) is 1. The molecule has 1 amide bonds. The molecule has 3 heterocycles. The van der Waals surface area contributed by atoms with Crippen LogP contribution in [0.15, 0.2) is 55.0 Å². The minimum atomic E-state index is -0.228. The van der Waals surface area contributed by atoms with E-state index in [2.05, 4.69) is 15.3 Å². The topological polar surface area (TPSA) is 118 Å². The van der Waals surface area contributed by atoms with E-state index in [4.69, 9.17) is 10.7 Å². The maximum atomic E-state index is 12.8. The van der Waals surface area contributed by atoms with Crippen molar-refractivity contribution in [2.24, 2.45) is 0 Å². The fourth-order valence-corrected chi connectivity index (χ4v) is 5.06. The van der Waals surface area contributed by atoms with Gasteiger partial charge in [0.2, 0.25) is 0 Å². The van der Waals surface area contributed by atoms with Crippen molar-refractivity contribution in [3.8, 4) is 11.3 Å². The lowest BCUT2D eigenvalue weighted by molar-refractivity contribution is 0.102. The van der Waals surface area contributed by atoms with Gasteiger partial charge in [-0.3, -0.25) is 9.20 Å². The lowest BCUT2D eigenvalue weighted by Gasteiger charge is -2.24. The molecule has 0 bridgehead atoms. The van der Waals surface area contributed by atoms with Crippen LogP contribution in [0.3, 0.4) is 0 Å². The number of hydrogen-bond donors (Lipinski definition) is 3. The Kier molecular flexibility index (Phi) is 5.45.